The molecule has 2 N–H and O–H groups in total. The fourth-order valence-electron chi connectivity index (χ4n) is 2.22. The molecule has 0 radical (unpaired) electrons. The lowest BCUT2D eigenvalue weighted by atomic mass is 9.92. The second-order valence-corrected chi connectivity index (χ2v) is 5.91. The number of nitrogens with one attached hydrogen (secondary N) is 2. The van der Waals surface area contributed by atoms with E-state index in [1.165, 1.54) is 0 Å². The third-order valence-electron chi connectivity index (χ3n) is 3.37. The third-order valence-corrected chi connectivity index (χ3v) is 3.94. The van der Waals surface area contributed by atoms with E-state index < -0.39 is 0 Å². The number of anilines is 1. The van der Waals surface area contributed by atoms with Crippen molar-refractivity contribution in [2.24, 2.45) is 0 Å². The summed E-state index contributed by atoms with van der Waals surface area (Å²) in [7, 11) is 0. The first kappa shape index (κ1) is 17.3. The van der Waals surface area contributed by atoms with E-state index >= 15 is 0 Å². The first-order chi connectivity index (χ1) is 11.2. The van der Waals surface area contributed by atoms with Crippen LogP contribution in [0, 0.1) is 11.3 Å². The fourth-order valence-corrected chi connectivity index (χ4v) is 2.73. The van der Waals surface area contributed by atoms with Crippen molar-refractivity contribution in [3.63, 3.8) is 0 Å². The van der Waals surface area contributed by atoms with Gasteiger partial charge in [0.2, 0.25) is 0 Å². The minimum Gasteiger partial charge on any atom is -0.362 e. The van der Waals surface area contributed by atoms with Crippen LogP contribution in [0.15, 0.2) is 48.5 Å². The minimum absolute atomic E-state index is 0.386. The summed E-state index contributed by atoms with van der Waals surface area (Å²) in [5.41, 5.74) is 2.52. The standard InChI is InChI=1S/C18H18ClN3S/c1-2-10-21-18(23)22-14-8-9-15(17(19)11-14)16(12-20)13-6-4-3-5-7-13/h3-9,11,16H,2,10H2,1H3,(H2,21,22,23)/t16-/m1/s1. The van der Waals surface area contributed by atoms with Gasteiger partial charge in [-0.3, -0.25) is 0 Å². The highest BCUT2D eigenvalue weighted by molar-refractivity contribution is 7.80. The van der Waals surface area contributed by atoms with Gasteiger partial charge in [-0.25, -0.2) is 0 Å². The van der Waals surface area contributed by atoms with E-state index in [-0.39, 0.29) is 5.92 Å². The molecule has 5 heteroatoms. The van der Waals surface area contributed by atoms with Gasteiger partial charge in [0, 0.05) is 17.3 Å². The molecule has 0 aliphatic carbocycles. The molecule has 0 heterocycles. The van der Waals surface area contributed by atoms with E-state index in [0.29, 0.717) is 10.1 Å². The fraction of sp³-hybridized carbons (Fsp3) is 0.222. The molecule has 3 nitrogen and oxygen atoms in total. The molecule has 2 aromatic carbocycles. The molecule has 2 aromatic rings. The first-order valence-electron chi connectivity index (χ1n) is 7.44. The Hall–Kier alpha value is -2.09. The predicted octanol–water partition coefficient (Wildman–Crippen LogP) is 4.69. The molecule has 0 unspecified atom stereocenters. The van der Waals surface area contributed by atoms with Gasteiger partial charge in [0.1, 0.15) is 0 Å². The summed E-state index contributed by atoms with van der Waals surface area (Å²) in [4.78, 5) is 0. The van der Waals surface area contributed by atoms with E-state index in [2.05, 4.69) is 23.6 Å². The van der Waals surface area contributed by atoms with E-state index in [1.807, 2.05) is 42.5 Å². The van der Waals surface area contributed by atoms with Crippen LogP contribution in [0.5, 0.6) is 0 Å². The highest BCUT2D eigenvalue weighted by atomic mass is 35.5. The van der Waals surface area contributed by atoms with Crippen LogP contribution in [-0.2, 0) is 0 Å². The van der Waals surface area contributed by atoms with Crippen LogP contribution in [0.4, 0.5) is 5.69 Å². The molecule has 0 fully saturated rings. The van der Waals surface area contributed by atoms with Gasteiger partial charge in [-0.15, -0.1) is 0 Å². The van der Waals surface area contributed by atoms with Crippen molar-refractivity contribution in [1.29, 1.82) is 5.26 Å². The Morgan fingerprint density at radius 2 is 2.00 bits per heavy atom. The smallest absolute Gasteiger partial charge is 0.170 e. The average molecular weight is 344 g/mol. The normalized spacial score (nSPS) is 11.3. The van der Waals surface area contributed by atoms with E-state index in [0.717, 1.165) is 29.8 Å². The van der Waals surface area contributed by atoms with Crippen LogP contribution >= 0.6 is 23.8 Å². The Kier molecular flexibility index (Phi) is 6.40. The number of nitriles is 1. The van der Waals surface area contributed by atoms with Crippen LogP contribution in [-0.4, -0.2) is 11.7 Å². The predicted molar refractivity (Wildman–Crippen MR) is 99.9 cm³/mol. The lowest BCUT2D eigenvalue weighted by Gasteiger charge is -2.14. The molecular weight excluding hydrogens is 326 g/mol. The number of halogens is 1. The maximum atomic E-state index is 9.51. The molecule has 0 aliphatic rings. The van der Waals surface area contributed by atoms with E-state index in [9.17, 15) is 5.26 Å². The van der Waals surface area contributed by atoms with Crippen molar-refractivity contribution in [2.75, 3.05) is 11.9 Å². The molecule has 0 amide bonds. The van der Waals surface area contributed by atoms with Crippen LogP contribution in [0.2, 0.25) is 5.02 Å². The SMILES string of the molecule is CCCNC(=S)Nc1ccc([C@H](C#N)c2ccccc2)c(Cl)c1. The zero-order valence-electron chi connectivity index (χ0n) is 12.8. The maximum Gasteiger partial charge on any atom is 0.170 e. The van der Waals surface area contributed by atoms with Gasteiger partial charge in [0.25, 0.3) is 0 Å². The minimum atomic E-state index is -0.386. The topological polar surface area (TPSA) is 47.8 Å². The van der Waals surface area contributed by atoms with E-state index in [1.54, 1.807) is 6.07 Å². The summed E-state index contributed by atoms with van der Waals surface area (Å²) in [6, 6.07) is 17.5. The highest BCUT2D eigenvalue weighted by Crippen LogP contribution is 2.31. The van der Waals surface area contributed by atoms with Crippen LogP contribution in [0.25, 0.3) is 0 Å². The van der Waals surface area contributed by atoms with Crippen molar-refractivity contribution < 1.29 is 0 Å². The van der Waals surface area contributed by atoms with Crippen molar-refractivity contribution in [1.82, 2.24) is 5.32 Å². The molecule has 0 aromatic heterocycles. The first-order valence-corrected chi connectivity index (χ1v) is 8.23. The molecule has 0 aliphatic heterocycles. The number of nitrogens with zero attached hydrogens (tertiary/aromatic N) is 1. The quantitative estimate of drug-likeness (QED) is 0.773. The molecule has 23 heavy (non-hydrogen) atoms. The molecule has 2 rings (SSSR count). The molecule has 0 spiro atoms. The van der Waals surface area contributed by atoms with E-state index in [4.69, 9.17) is 23.8 Å². The van der Waals surface area contributed by atoms with Gasteiger partial charge >= 0.3 is 0 Å². The summed E-state index contributed by atoms with van der Waals surface area (Å²) in [6.45, 7) is 2.90. The average Bonchev–Trinajstić information content (AvgIpc) is 2.56. The zero-order chi connectivity index (χ0) is 16.7. The molecule has 1 atom stereocenters. The summed E-state index contributed by atoms with van der Waals surface area (Å²) in [6.07, 6.45) is 1.00. The number of rotatable bonds is 5. The van der Waals surface area contributed by atoms with Crippen molar-refractivity contribution >= 4 is 34.6 Å². The number of thiocarbonyl (C=S) groups is 1. The number of benzene rings is 2. The Balaban J connectivity index is 2.19. The Morgan fingerprint density at radius 3 is 2.61 bits per heavy atom. The third kappa shape index (κ3) is 4.69. The second-order valence-electron chi connectivity index (χ2n) is 5.09. The molecule has 0 bridgehead atoms. The van der Waals surface area contributed by atoms with Gasteiger partial charge in [0.15, 0.2) is 5.11 Å². The van der Waals surface area contributed by atoms with Gasteiger partial charge in [-0.1, -0.05) is 54.9 Å². The monoisotopic (exact) mass is 343 g/mol. The molecule has 0 saturated carbocycles. The van der Waals surface area contributed by atoms with Gasteiger partial charge in [-0.05, 0) is 41.9 Å². The Labute approximate surface area is 147 Å². The van der Waals surface area contributed by atoms with Crippen LogP contribution < -0.4 is 10.6 Å². The molecular formula is C18H18ClN3S. The van der Waals surface area contributed by atoms with Crippen molar-refractivity contribution in [3.8, 4) is 6.07 Å². The number of hydrogen-bond acceptors (Lipinski definition) is 2. The molecule has 118 valence electrons. The van der Waals surface area contributed by atoms with Crippen LogP contribution in [0.3, 0.4) is 0 Å². The van der Waals surface area contributed by atoms with Crippen molar-refractivity contribution in [2.45, 2.75) is 19.3 Å². The number of hydrogen-bond donors (Lipinski definition) is 2. The highest BCUT2D eigenvalue weighted by Gasteiger charge is 2.16. The maximum absolute atomic E-state index is 9.51. The van der Waals surface area contributed by atoms with Gasteiger partial charge in [-0.2, -0.15) is 5.26 Å². The largest absolute Gasteiger partial charge is 0.362 e. The summed E-state index contributed by atoms with van der Waals surface area (Å²) >= 11 is 11.6. The van der Waals surface area contributed by atoms with Gasteiger partial charge in [0.05, 0.1) is 12.0 Å². The zero-order valence-corrected chi connectivity index (χ0v) is 14.4. The summed E-state index contributed by atoms with van der Waals surface area (Å²) in [5, 5.41) is 16.8. The van der Waals surface area contributed by atoms with Gasteiger partial charge < -0.3 is 10.6 Å². The Bertz CT molecular complexity index is 710. The lowest BCUT2D eigenvalue weighted by Crippen LogP contribution is -2.28. The molecule has 0 saturated heterocycles. The lowest BCUT2D eigenvalue weighted by molar-refractivity contribution is 0.846. The summed E-state index contributed by atoms with van der Waals surface area (Å²) in [5.74, 6) is -0.386. The summed E-state index contributed by atoms with van der Waals surface area (Å²) < 4.78 is 0. The Morgan fingerprint density at radius 1 is 1.26 bits per heavy atom. The van der Waals surface area contributed by atoms with Crippen molar-refractivity contribution in [3.05, 3.63) is 64.7 Å². The second kappa shape index (κ2) is 8.52. The van der Waals surface area contributed by atoms with Crippen LogP contribution in [0.1, 0.15) is 30.4 Å².